The first-order valence-electron chi connectivity index (χ1n) is 6.17. The molecule has 0 aromatic carbocycles. The van der Waals surface area contributed by atoms with Gasteiger partial charge in [0.15, 0.2) is 0 Å². The topological polar surface area (TPSA) is 75.9 Å². The van der Waals surface area contributed by atoms with Crippen LogP contribution in [0.15, 0.2) is 16.8 Å². The molecule has 0 aliphatic heterocycles. The highest BCUT2D eigenvalue weighted by Crippen LogP contribution is 2.30. The van der Waals surface area contributed by atoms with E-state index in [4.69, 9.17) is 5.84 Å². The lowest BCUT2D eigenvalue weighted by atomic mass is 10.2. The van der Waals surface area contributed by atoms with Gasteiger partial charge in [-0.2, -0.15) is 16.3 Å². The minimum Gasteiger partial charge on any atom is -0.365 e. The molecule has 3 heterocycles. The Hall–Kier alpha value is -1.70. The molecule has 104 valence electrons. The highest BCUT2D eigenvalue weighted by Gasteiger charge is 2.10. The fourth-order valence-corrected chi connectivity index (χ4v) is 3.72. The number of hydrogen-bond donors (Lipinski definition) is 3. The maximum atomic E-state index is 5.43. The largest absolute Gasteiger partial charge is 0.365 e. The maximum Gasteiger partial charge on any atom is 0.240 e. The standard InChI is InChI=1S/C13H15N5S2/c1-7-5-19-6-9(7)4-15-11-10-3-8(2)20-12(10)17-13(16-11)18-14/h3,5-6H,4,14H2,1-2H3,(H2,15,16,17,18). The van der Waals surface area contributed by atoms with E-state index in [1.807, 2.05) is 0 Å². The Morgan fingerprint density at radius 1 is 1.25 bits per heavy atom. The molecule has 0 fully saturated rings. The van der Waals surface area contributed by atoms with Gasteiger partial charge in [-0.25, -0.2) is 10.8 Å². The van der Waals surface area contributed by atoms with E-state index in [0.29, 0.717) is 5.95 Å². The Morgan fingerprint density at radius 2 is 2.10 bits per heavy atom. The minimum absolute atomic E-state index is 0.434. The molecule has 3 rings (SSSR count). The molecule has 0 saturated heterocycles. The average Bonchev–Trinajstić information content (AvgIpc) is 3.00. The minimum atomic E-state index is 0.434. The summed E-state index contributed by atoms with van der Waals surface area (Å²) in [5, 5.41) is 8.73. The first kappa shape index (κ1) is 13.3. The zero-order valence-corrected chi connectivity index (χ0v) is 12.9. The second-order valence-corrected chi connectivity index (χ2v) is 6.53. The van der Waals surface area contributed by atoms with Crippen molar-refractivity contribution in [1.29, 1.82) is 0 Å². The molecule has 0 unspecified atom stereocenters. The van der Waals surface area contributed by atoms with E-state index >= 15 is 0 Å². The van der Waals surface area contributed by atoms with Gasteiger partial charge in [-0.15, -0.1) is 11.3 Å². The van der Waals surface area contributed by atoms with Crippen LogP contribution in [0.5, 0.6) is 0 Å². The van der Waals surface area contributed by atoms with Crippen LogP contribution in [0.1, 0.15) is 16.0 Å². The summed E-state index contributed by atoms with van der Waals surface area (Å²) >= 11 is 3.35. The SMILES string of the molecule is Cc1cc2c(NCc3cscc3C)nc(NN)nc2s1. The third-order valence-corrected chi connectivity index (χ3v) is 4.91. The monoisotopic (exact) mass is 305 g/mol. The van der Waals surface area contributed by atoms with Crippen molar-refractivity contribution >= 4 is 44.7 Å². The van der Waals surface area contributed by atoms with Crippen LogP contribution in [0.2, 0.25) is 0 Å². The molecule has 0 bridgehead atoms. The molecule has 3 aromatic heterocycles. The first-order chi connectivity index (χ1) is 9.67. The van der Waals surface area contributed by atoms with Crippen molar-refractivity contribution in [2.45, 2.75) is 20.4 Å². The van der Waals surface area contributed by atoms with Gasteiger partial charge in [0.25, 0.3) is 0 Å². The number of hydrazine groups is 1. The molecule has 20 heavy (non-hydrogen) atoms. The Kier molecular flexibility index (Phi) is 3.56. The summed E-state index contributed by atoms with van der Waals surface area (Å²) < 4.78 is 0. The predicted molar refractivity (Wildman–Crippen MR) is 86.3 cm³/mol. The third kappa shape index (κ3) is 2.47. The quantitative estimate of drug-likeness (QED) is 0.509. The number of nitrogens with one attached hydrogen (secondary N) is 2. The third-order valence-electron chi connectivity index (χ3n) is 3.05. The van der Waals surface area contributed by atoms with Gasteiger partial charge in [0.2, 0.25) is 5.95 Å². The van der Waals surface area contributed by atoms with E-state index in [-0.39, 0.29) is 0 Å². The number of anilines is 2. The predicted octanol–water partition coefficient (Wildman–Crippen LogP) is 3.27. The molecule has 0 aliphatic rings. The molecule has 0 radical (unpaired) electrons. The van der Waals surface area contributed by atoms with Crippen LogP contribution >= 0.6 is 22.7 Å². The van der Waals surface area contributed by atoms with Gasteiger partial charge in [-0.05, 0) is 41.8 Å². The van der Waals surface area contributed by atoms with Gasteiger partial charge < -0.3 is 5.32 Å². The number of thiophene rings is 2. The van der Waals surface area contributed by atoms with Crippen LogP contribution in [-0.4, -0.2) is 9.97 Å². The van der Waals surface area contributed by atoms with E-state index in [9.17, 15) is 0 Å². The average molecular weight is 305 g/mol. The summed E-state index contributed by atoms with van der Waals surface area (Å²) in [5.41, 5.74) is 5.11. The molecule has 0 amide bonds. The Morgan fingerprint density at radius 3 is 2.80 bits per heavy atom. The van der Waals surface area contributed by atoms with Gasteiger partial charge in [0.1, 0.15) is 10.6 Å². The molecule has 0 spiro atoms. The Balaban J connectivity index is 1.95. The van der Waals surface area contributed by atoms with Crippen LogP contribution < -0.4 is 16.6 Å². The van der Waals surface area contributed by atoms with Crippen molar-refractivity contribution in [3.05, 3.63) is 32.8 Å². The van der Waals surface area contributed by atoms with Crippen LogP contribution in [0.4, 0.5) is 11.8 Å². The Bertz CT molecular complexity index is 746. The number of fused-ring (bicyclic) bond motifs is 1. The number of nitrogens with zero attached hydrogens (tertiary/aromatic N) is 2. The smallest absolute Gasteiger partial charge is 0.240 e. The van der Waals surface area contributed by atoms with E-state index in [2.05, 4.69) is 51.4 Å². The van der Waals surface area contributed by atoms with Gasteiger partial charge in [-0.3, -0.25) is 5.43 Å². The van der Waals surface area contributed by atoms with Crippen molar-refractivity contribution in [2.24, 2.45) is 5.84 Å². The van der Waals surface area contributed by atoms with Gasteiger partial charge in [0.05, 0.1) is 5.39 Å². The zero-order valence-electron chi connectivity index (χ0n) is 11.2. The number of nitrogen functional groups attached to an aromatic ring is 1. The molecule has 3 aromatic rings. The van der Waals surface area contributed by atoms with Crippen molar-refractivity contribution in [2.75, 3.05) is 10.7 Å². The number of aromatic nitrogens is 2. The summed E-state index contributed by atoms with van der Waals surface area (Å²) in [7, 11) is 0. The molecule has 0 aliphatic carbocycles. The second kappa shape index (κ2) is 5.35. The lowest BCUT2D eigenvalue weighted by molar-refractivity contribution is 1.09. The van der Waals surface area contributed by atoms with Crippen LogP contribution in [-0.2, 0) is 6.54 Å². The molecular formula is C13H15N5S2. The molecule has 7 heteroatoms. The van der Waals surface area contributed by atoms with E-state index in [0.717, 1.165) is 22.6 Å². The highest BCUT2D eigenvalue weighted by molar-refractivity contribution is 7.18. The van der Waals surface area contributed by atoms with Gasteiger partial charge in [-0.1, -0.05) is 0 Å². The zero-order chi connectivity index (χ0) is 14.1. The molecule has 0 saturated carbocycles. The van der Waals surface area contributed by atoms with E-state index < -0.39 is 0 Å². The van der Waals surface area contributed by atoms with Gasteiger partial charge >= 0.3 is 0 Å². The van der Waals surface area contributed by atoms with Crippen LogP contribution in [0.25, 0.3) is 10.2 Å². The number of hydrogen-bond acceptors (Lipinski definition) is 7. The summed E-state index contributed by atoms with van der Waals surface area (Å²) in [6.07, 6.45) is 0. The Labute approximate surface area is 124 Å². The number of nitrogens with two attached hydrogens (primary N) is 1. The fourth-order valence-electron chi connectivity index (χ4n) is 1.99. The van der Waals surface area contributed by atoms with Crippen molar-refractivity contribution in [1.82, 2.24) is 9.97 Å². The van der Waals surface area contributed by atoms with Crippen LogP contribution in [0, 0.1) is 13.8 Å². The highest BCUT2D eigenvalue weighted by atomic mass is 32.1. The fraction of sp³-hybridized carbons (Fsp3) is 0.231. The molecule has 5 nitrogen and oxygen atoms in total. The van der Waals surface area contributed by atoms with Gasteiger partial charge in [0, 0.05) is 11.4 Å². The second-order valence-electron chi connectivity index (χ2n) is 4.55. The lowest BCUT2D eigenvalue weighted by Gasteiger charge is -2.08. The van der Waals surface area contributed by atoms with Crippen LogP contribution in [0.3, 0.4) is 0 Å². The summed E-state index contributed by atoms with van der Waals surface area (Å²) in [4.78, 5) is 10.9. The summed E-state index contributed by atoms with van der Waals surface area (Å²) in [6.45, 7) is 4.93. The summed E-state index contributed by atoms with van der Waals surface area (Å²) in [6, 6.07) is 2.10. The van der Waals surface area contributed by atoms with Crippen molar-refractivity contribution in [3.8, 4) is 0 Å². The molecular weight excluding hydrogens is 290 g/mol. The number of rotatable bonds is 4. The van der Waals surface area contributed by atoms with E-state index in [1.165, 1.54) is 16.0 Å². The van der Waals surface area contributed by atoms with E-state index in [1.54, 1.807) is 22.7 Å². The first-order valence-corrected chi connectivity index (χ1v) is 7.93. The molecule has 4 N–H and O–H groups in total. The normalized spacial score (nSPS) is 10.9. The number of aryl methyl sites for hydroxylation is 2. The lowest BCUT2D eigenvalue weighted by Crippen LogP contribution is -2.12. The summed E-state index contributed by atoms with van der Waals surface area (Å²) in [5.74, 6) is 6.69. The van der Waals surface area contributed by atoms with Crippen molar-refractivity contribution < 1.29 is 0 Å². The van der Waals surface area contributed by atoms with Crippen molar-refractivity contribution in [3.63, 3.8) is 0 Å². The molecule has 0 atom stereocenters. The maximum absolute atomic E-state index is 5.43.